The first kappa shape index (κ1) is 20.1. The number of rotatable bonds is 7. The van der Waals surface area contributed by atoms with Crippen molar-refractivity contribution in [3.8, 4) is 5.75 Å². The molecule has 2 aromatic heterocycles. The number of esters is 1. The summed E-state index contributed by atoms with van der Waals surface area (Å²) in [7, 11) is 1.55. The lowest BCUT2D eigenvalue weighted by atomic mass is 10.0. The third-order valence-electron chi connectivity index (χ3n) is 4.42. The van der Waals surface area contributed by atoms with Crippen LogP contribution in [0.1, 0.15) is 39.0 Å². The number of methoxy groups -OCH3 is 1. The zero-order valence-corrected chi connectivity index (χ0v) is 17.5. The Labute approximate surface area is 171 Å². The molecule has 1 atom stereocenters. The molecular weight excluding hydrogens is 424 g/mol. The fraction of sp³-hybridized carbons (Fsp3) is 0.286. The lowest BCUT2D eigenvalue weighted by Gasteiger charge is -2.14. The highest BCUT2D eigenvalue weighted by Gasteiger charge is 2.24. The molecule has 0 fully saturated rings. The highest BCUT2D eigenvalue weighted by molar-refractivity contribution is 9.10. The number of aromatic nitrogens is 2. The number of alkyl halides is 1. The molecule has 3 rings (SSSR count). The number of halogens is 1. The molecule has 6 nitrogen and oxygen atoms in total. The van der Waals surface area contributed by atoms with Gasteiger partial charge >= 0.3 is 5.97 Å². The number of carbonyl (C=O) groups is 2. The fourth-order valence-electron chi connectivity index (χ4n) is 3.13. The number of benzene rings is 1. The molecule has 28 heavy (non-hydrogen) atoms. The van der Waals surface area contributed by atoms with Gasteiger partial charge in [0, 0.05) is 17.3 Å². The zero-order chi connectivity index (χ0) is 20.3. The Morgan fingerprint density at radius 3 is 2.57 bits per heavy atom. The molecule has 0 radical (unpaired) electrons. The summed E-state index contributed by atoms with van der Waals surface area (Å²) in [6, 6.07) is 11.0. The predicted molar refractivity (Wildman–Crippen MR) is 110 cm³/mol. The van der Waals surface area contributed by atoms with Crippen molar-refractivity contribution in [1.82, 2.24) is 9.38 Å². The van der Waals surface area contributed by atoms with Gasteiger partial charge < -0.3 is 9.47 Å². The summed E-state index contributed by atoms with van der Waals surface area (Å²) in [5.41, 5.74) is 2.92. The van der Waals surface area contributed by atoms with E-state index in [2.05, 4.69) is 20.9 Å². The number of carbonyl (C=O) groups excluding carboxylic acids is 2. The smallest absolute Gasteiger partial charge is 0.357 e. The molecular formula is C21H21BrN2O4. The minimum atomic E-state index is -0.431. The number of aryl methyl sites for hydroxylation is 1. The lowest BCUT2D eigenvalue weighted by molar-refractivity contribution is 0.0517. The molecule has 0 aliphatic carbocycles. The van der Waals surface area contributed by atoms with Crippen LogP contribution in [-0.4, -0.2) is 39.7 Å². The monoisotopic (exact) mass is 444 g/mol. The fourth-order valence-corrected chi connectivity index (χ4v) is 3.75. The SMILES string of the molecule is CCOC(=O)c1c(C)nc2c(OC)c(CC(Br)C(=O)c3ccccc3)ccn12. The summed E-state index contributed by atoms with van der Waals surface area (Å²) in [5.74, 6) is 0.0978. The van der Waals surface area contributed by atoms with Crippen molar-refractivity contribution in [2.24, 2.45) is 0 Å². The van der Waals surface area contributed by atoms with Gasteiger partial charge in [0.1, 0.15) is 0 Å². The van der Waals surface area contributed by atoms with Gasteiger partial charge in [0.25, 0.3) is 0 Å². The number of hydrogen-bond donors (Lipinski definition) is 0. The molecule has 0 N–H and O–H groups in total. The molecule has 0 bridgehead atoms. The van der Waals surface area contributed by atoms with Gasteiger partial charge in [-0.3, -0.25) is 9.20 Å². The van der Waals surface area contributed by atoms with Crippen molar-refractivity contribution in [2.45, 2.75) is 25.1 Å². The maximum atomic E-state index is 12.7. The molecule has 1 unspecified atom stereocenters. The predicted octanol–water partition coefficient (Wildman–Crippen LogP) is 4.02. The molecule has 3 aromatic rings. The zero-order valence-electron chi connectivity index (χ0n) is 15.9. The van der Waals surface area contributed by atoms with Gasteiger partial charge in [0.15, 0.2) is 22.9 Å². The third-order valence-corrected chi connectivity index (χ3v) is 5.16. The average molecular weight is 445 g/mol. The molecule has 2 heterocycles. The lowest BCUT2D eigenvalue weighted by Crippen LogP contribution is -2.17. The first-order chi connectivity index (χ1) is 13.5. The van der Waals surface area contributed by atoms with Crippen molar-refractivity contribution in [3.63, 3.8) is 0 Å². The van der Waals surface area contributed by atoms with Gasteiger partial charge in [-0.15, -0.1) is 0 Å². The topological polar surface area (TPSA) is 69.9 Å². The maximum Gasteiger partial charge on any atom is 0.357 e. The van der Waals surface area contributed by atoms with E-state index in [1.807, 2.05) is 24.3 Å². The van der Waals surface area contributed by atoms with Crippen LogP contribution in [-0.2, 0) is 11.2 Å². The molecule has 0 aliphatic rings. The summed E-state index contributed by atoms with van der Waals surface area (Å²) < 4.78 is 12.4. The van der Waals surface area contributed by atoms with Crippen LogP contribution < -0.4 is 4.74 Å². The number of nitrogens with zero attached hydrogens (tertiary/aromatic N) is 2. The summed E-state index contributed by atoms with van der Waals surface area (Å²) in [4.78, 5) is 29.0. The van der Waals surface area contributed by atoms with Crippen molar-refractivity contribution in [3.05, 3.63) is 65.1 Å². The van der Waals surface area contributed by atoms with Crippen molar-refractivity contribution in [1.29, 1.82) is 0 Å². The van der Waals surface area contributed by atoms with E-state index in [4.69, 9.17) is 9.47 Å². The minimum Gasteiger partial charge on any atom is -0.493 e. The quantitative estimate of drug-likeness (QED) is 0.312. The number of hydrogen-bond acceptors (Lipinski definition) is 5. The summed E-state index contributed by atoms with van der Waals surface area (Å²) >= 11 is 3.50. The second kappa shape index (κ2) is 8.56. The summed E-state index contributed by atoms with van der Waals surface area (Å²) in [6.45, 7) is 3.80. The number of ketones is 1. The maximum absolute atomic E-state index is 12.7. The van der Waals surface area contributed by atoms with Crippen LogP contribution in [0.3, 0.4) is 0 Å². The molecule has 0 saturated carbocycles. The van der Waals surface area contributed by atoms with Crippen molar-refractivity contribution < 1.29 is 19.1 Å². The van der Waals surface area contributed by atoms with E-state index < -0.39 is 10.8 Å². The Bertz CT molecular complexity index is 1010. The Kier molecular flexibility index (Phi) is 6.14. The summed E-state index contributed by atoms with van der Waals surface area (Å²) in [6.07, 6.45) is 2.18. The van der Waals surface area contributed by atoms with Gasteiger partial charge in [-0.25, -0.2) is 9.78 Å². The molecule has 146 valence electrons. The molecule has 0 amide bonds. The van der Waals surface area contributed by atoms with Gasteiger partial charge in [-0.1, -0.05) is 46.3 Å². The molecule has 0 spiro atoms. The highest BCUT2D eigenvalue weighted by atomic mass is 79.9. The second-order valence-electron chi connectivity index (χ2n) is 6.24. The Balaban J connectivity index is 1.96. The minimum absolute atomic E-state index is 0.00531. The number of pyridine rings is 1. The Morgan fingerprint density at radius 2 is 1.93 bits per heavy atom. The standard InChI is InChI=1S/C21H21BrN2O4/c1-4-28-21(26)17-13(2)23-20-19(27-3)15(10-11-24(17)20)12-16(22)18(25)14-8-6-5-7-9-14/h5-11,16H,4,12H2,1-3H3. The van der Waals surface area contributed by atoms with E-state index in [1.54, 1.807) is 43.7 Å². The molecule has 0 aliphatic heterocycles. The van der Waals surface area contributed by atoms with E-state index in [0.29, 0.717) is 34.8 Å². The van der Waals surface area contributed by atoms with Gasteiger partial charge in [0.05, 0.1) is 24.2 Å². The van der Waals surface area contributed by atoms with E-state index in [0.717, 1.165) is 5.56 Å². The number of Topliss-reactive ketones (excluding diaryl/α,β-unsaturated/α-hetero) is 1. The third kappa shape index (κ3) is 3.80. The first-order valence-corrected chi connectivity index (χ1v) is 9.84. The molecule has 1 aromatic carbocycles. The average Bonchev–Trinajstić information content (AvgIpc) is 3.04. The van der Waals surface area contributed by atoms with Crippen LogP contribution in [0.15, 0.2) is 42.6 Å². The van der Waals surface area contributed by atoms with Crippen LogP contribution in [0.2, 0.25) is 0 Å². The van der Waals surface area contributed by atoms with Crippen LogP contribution in [0.4, 0.5) is 0 Å². The summed E-state index contributed by atoms with van der Waals surface area (Å²) in [5, 5.41) is 0. The number of ether oxygens (including phenoxy) is 2. The van der Waals surface area contributed by atoms with Crippen LogP contribution >= 0.6 is 15.9 Å². The number of fused-ring (bicyclic) bond motifs is 1. The largest absolute Gasteiger partial charge is 0.493 e. The van der Waals surface area contributed by atoms with Crippen LogP contribution in [0.25, 0.3) is 5.65 Å². The number of imidazole rings is 1. The first-order valence-electron chi connectivity index (χ1n) is 8.92. The Hall–Kier alpha value is -2.67. The normalized spacial score (nSPS) is 12.0. The second-order valence-corrected chi connectivity index (χ2v) is 7.34. The van der Waals surface area contributed by atoms with Crippen molar-refractivity contribution >= 4 is 33.3 Å². The molecule has 7 heteroatoms. The van der Waals surface area contributed by atoms with Gasteiger partial charge in [-0.2, -0.15) is 0 Å². The van der Waals surface area contributed by atoms with E-state index in [9.17, 15) is 9.59 Å². The van der Waals surface area contributed by atoms with Gasteiger partial charge in [-0.05, 0) is 26.3 Å². The van der Waals surface area contributed by atoms with E-state index >= 15 is 0 Å². The van der Waals surface area contributed by atoms with Crippen LogP contribution in [0, 0.1) is 6.92 Å². The molecule has 0 saturated heterocycles. The van der Waals surface area contributed by atoms with Crippen molar-refractivity contribution in [2.75, 3.05) is 13.7 Å². The Morgan fingerprint density at radius 1 is 1.21 bits per heavy atom. The van der Waals surface area contributed by atoms with E-state index in [1.165, 1.54) is 0 Å². The van der Waals surface area contributed by atoms with E-state index in [-0.39, 0.29) is 12.4 Å². The van der Waals surface area contributed by atoms with Crippen LogP contribution in [0.5, 0.6) is 5.75 Å². The van der Waals surface area contributed by atoms with Gasteiger partial charge in [0.2, 0.25) is 0 Å². The highest BCUT2D eigenvalue weighted by Crippen LogP contribution is 2.29.